The lowest BCUT2D eigenvalue weighted by Crippen LogP contribution is -2.25. The van der Waals surface area contributed by atoms with Crippen LogP contribution in [0.15, 0.2) is 0 Å². The summed E-state index contributed by atoms with van der Waals surface area (Å²) < 4.78 is 10.8. The van der Waals surface area contributed by atoms with Gasteiger partial charge < -0.3 is 14.6 Å². The minimum atomic E-state index is -0.723. The molecule has 0 amide bonds. The van der Waals surface area contributed by atoms with Crippen LogP contribution in [0.3, 0.4) is 0 Å². The number of carbonyl (C=O) groups is 1. The first-order valence-corrected chi connectivity index (χ1v) is 13.5. The van der Waals surface area contributed by atoms with Crippen LogP contribution >= 0.6 is 0 Å². The Labute approximate surface area is 193 Å². The summed E-state index contributed by atoms with van der Waals surface area (Å²) in [5.41, 5.74) is 0. The van der Waals surface area contributed by atoms with Gasteiger partial charge in [-0.25, -0.2) is 0 Å². The summed E-state index contributed by atoms with van der Waals surface area (Å²) in [7, 11) is 0. The van der Waals surface area contributed by atoms with Crippen LogP contribution in [0.2, 0.25) is 0 Å². The molecule has 0 radical (unpaired) electrons. The van der Waals surface area contributed by atoms with Gasteiger partial charge in [-0.3, -0.25) is 4.79 Å². The van der Waals surface area contributed by atoms with Crippen molar-refractivity contribution in [1.29, 1.82) is 0 Å². The zero-order valence-electron chi connectivity index (χ0n) is 21.2. The molecule has 0 saturated carbocycles. The van der Waals surface area contributed by atoms with Crippen molar-refractivity contribution in [1.82, 2.24) is 0 Å². The third-order valence-corrected chi connectivity index (χ3v) is 6.13. The molecular formula is C27H54O4. The standard InChI is InChI=1S/C27H54O4/c1-4-7-9-10-11-12-13-14-15-16-17-18-19-21-27(29)31-24-26(28)23-30-22-25(6-3)20-8-5-2/h25-26,28H,4-24H2,1-3H3/t25-,26+/m0/s1. The van der Waals surface area contributed by atoms with Crippen LogP contribution in [0.25, 0.3) is 0 Å². The fourth-order valence-electron chi connectivity index (χ4n) is 3.87. The van der Waals surface area contributed by atoms with E-state index in [0.29, 0.717) is 18.9 Å². The van der Waals surface area contributed by atoms with Crippen LogP contribution in [0.1, 0.15) is 136 Å². The Hall–Kier alpha value is -0.610. The molecule has 4 nitrogen and oxygen atoms in total. The van der Waals surface area contributed by atoms with Crippen LogP contribution in [0.5, 0.6) is 0 Å². The minimum absolute atomic E-state index is 0.0447. The highest BCUT2D eigenvalue weighted by molar-refractivity contribution is 5.69. The molecule has 1 N–H and O–H groups in total. The van der Waals surface area contributed by atoms with Crippen molar-refractivity contribution in [3.63, 3.8) is 0 Å². The molecule has 0 bridgehead atoms. The van der Waals surface area contributed by atoms with Crippen molar-refractivity contribution in [3.8, 4) is 0 Å². The summed E-state index contributed by atoms with van der Waals surface area (Å²) in [6.45, 7) is 7.61. The van der Waals surface area contributed by atoms with Crippen molar-refractivity contribution in [3.05, 3.63) is 0 Å². The van der Waals surface area contributed by atoms with Gasteiger partial charge in [0.2, 0.25) is 0 Å². The number of hydrogen-bond acceptors (Lipinski definition) is 4. The van der Waals surface area contributed by atoms with E-state index in [1.54, 1.807) is 0 Å². The van der Waals surface area contributed by atoms with E-state index < -0.39 is 6.10 Å². The molecule has 0 saturated heterocycles. The Bertz CT molecular complexity index is 372. The summed E-state index contributed by atoms with van der Waals surface area (Å²) in [5, 5.41) is 9.94. The van der Waals surface area contributed by atoms with Crippen LogP contribution in [0, 0.1) is 5.92 Å². The molecule has 4 heteroatoms. The van der Waals surface area contributed by atoms with Gasteiger partial charge in [-0.1, -0.05) is 117 Å². The van der Waals surface area contributed by atoms with E-state index in [9.17, 15) is 9.90 Å². The van der Waals surface area contributed by atoms with E-state index in [0.717, 1.165) is 19.3 Å². The van der Waals surface area contributed by atoms with E-state index in [-0.39, 0.29) is 19.2 Å². The Morgan fingerprint density at radius 3 is 1.71 bits per heavy atom. The van der Waals surface area contributed by atoms with Crippen molar-refractivity contribution in [2.75, 3.05) is 19.8 Å². The number of unbranched alkanes of at least 4 members (excludes halogenated alkanes) is 13. The highest BCUT2D eigenvalue weighted by Gasteiger charge is 2.11. The lowest BCUT2D eigenvalue weighted by molar-refractivity contribution is -0.148. The van der Waals surface area contributed by atoms with Gasteiger partial charge in [0.15, 0.2) is 0 Å². The molecule has 186 valence electrons. The maximum absolute atomic E-state index is 11.8. The lowest BCUT2D eigenvalue weighted by atomic mass is 10.0. The Balaban J connectivity index is 3.42. The molecule has 2 atom stereocenters. The number of aliphatic hydroxyl groups is 1. The first-order chi connectivity index (χ1) is 15.1. The Kier molecular flexibility index (Phi) is 23.6. The molecule has 0 fully saturated rings. The van der Waals surface area contributed by atoms with E-state index in [1.165, 1.54) is 89.9 Å². The Morgan fingerprint density at radius 1 is 0.677 bits per heavy atom. The fourth-order valence-corrected chi connectivity index (χ4v) is 3.87. The number of rotatable bonds is 24. The van der Waals surface area contributed by atoms with Crippen molar-refractivity contribution >= 4 is 5.97 Å². The monoisotopic (exact) mass is 442 g/mol. The quantitative estimate of drug-likeness (QED) is 0.123. The highest BCUT2D eigenvalue weighted by atomic mass is 16.5. The zero-order valence-corrected chi connectivity index (χ0v) is 21.2. The molecular weight excluding hydrogens is 388 g/mol. The molecule has 0 aromatic heterocycles. The summed E-state index contributed by atoms with van der Waals surface area (Å²) in [4.78, 5) is 11.8. The Morgan fingerprint density at radius 2 is 1.19 bits per heavy atom. The largest absolute Gasteiger partial charge is 0.463 e. The van der Waals surface area contributed by atoms with Gasteiger partial charge in [-0.05, 0) is 18.8 Å². The molecule has 0 rings (SSSR count). The lowest BCUT2D eigenvalue weighted by Gasteiger charge is -2.17. The third-order valence-electron chi connectivity index (χ3n) is 6.13. The van der Waals surface area contributed by atoms with E-state index in [4.69, 9.17) is 9.47 Å². The van der Waals surface area contributed by atoms with Crippen LogP contribution in [-0.2, 0) is 14.3 Å². The molecule has 0 spiro atoms. The molecule has 0 heterocycles. The highest BCUT2D eigenvalue weighted by Crippen LogP contribution is 2.14. The number of carbonyl (C=O) groups excluding carboxylic acids is 1. The van der Waals surface area contributed by atoms with Gasteiger partial charge in [0.05, 0.1) is 6.61 Å². The second-order valence-electron chi connectivity index (χ2n) is 9.28. The average molecular weight is 443 g/mol. The van der Waals surface area contributed by atoms with Crippen LogP contribution in [0.4, 0.5) is 0 Å². The third kappa shape index (κ3) is 22.4. The number of ether oxygens (including phenoxy) is 2. The molecule has 0 aliphatic carbocycles. The molecule has 0 aromatic rings. The number of aliphatic hydroxyl groups excluding tert-OH is 1. The predicted octanol–water partition coefficient (Wildman–Crippen LogP) is 7.60. The van der Waals surface area contributed by atoms with Crippen LogP contribution < -0.4 is 0 Å². The van der Waals surface area contributed by atoms with E-state index in [1.807, 2.05) is 0 Å². The fraction of sp³-hybridized carbons (Fsp3) is 0.963. The average Bonchev–Trinajstić information content (AvgIpc) is 2.77. The van der Waals surface area contributed by atoms with Crippen molar-refractivity contribution < 1.29 is 19.4 Å². The number of hydrogen-bond donors (Lipinski definition) is 1. The first kappa shape index (κ1) is 30.4. The van der Waals surface area contributed by atoms with E-state index >= 15 is 0 Å². The normalized spacial score (nSPS) is 13.3. The summed E-state index contributed by atoms with van der Waals surface area (Å²) in [6.07, 6.45) is 21.3. The predicted molar refractivity (Wildman–Crippen MR) is 131 cm³/mol. The van der Waals surface area contributed by atoms with Crippen molar-refractivity contribution in [2.24, 2.45) is 5.92 Å². The van der Waals surface area contributed by atoms with E-state index in [2.05, 4.69) is 20.8 Å². The van der Waals surface area contributed by atoms with Crippen molar-refractivity contribution in [2.45, 2.75) is 142 Å². The molecule has 0 unspecified atom stereocenters. The zero-order chi connectivity index (χ0) is 23.0. The second kappa shape index (κ2) is 24.0. The molecule has 0 aromatic carbocycles. The van der Waals surface area contributed by atoms with Gasteiger partial charge in [0, 0.05) is 13.0 Å². The van der Waals surface area contributed by atoms with Gasteiger partial charge in [0.25, 0.3) is 0 Å². The summed E-state index contributed by atoms with van der Waals surface area (Å²) in [6, 6.07) is 0. The summed E-state index contributed by atoms with van der Waals surface area (Å²) in [5.74, 6) is 0.363. The molecule has 31 heavy (non-hydrogen) atoms. The van der Waals surface area contributed by atoms with Gasteiger partial charge in [0.1, 0.15) is 12.7 Å². The van der Waals surface area contributed by atoms with Gasteiger partial charge >= 0.3 is 5.97 Å². The summed E-state index contributed by atoms with van der Waals surface area (Å²) >= 11 is 0. The van der Waals surface area contributed by atoms with Gasteiger partial charge in [-0.15, -0.1) is 0 Å². The topological polar surface area (TPSA) is 55.8 Å². The SMILES string of the molecule is CCCCCCCCCCCCCCCC(=O)OC[C@H](O)COC[C@@H](CC)CCCC. The minimum Gasteiger partial charge on any atom is -0.463 e. The van der Waals surface area contributed by atoms with Gasteiger partial charge in [-0.2, -0.15) is 0 Å². The first-order valence-electron chi connectivity index (χ1n) is 13.5. The maximum atomic E-state index is 11.8. The number of esters is 1. The maximum Gasteiger partial charge on any atom is 0.305 e. The molecule has 0 aliphatic rings. The smallest absolute Gasteiger partial charge is 0.305 e. The second-order valence-corrected chi connectivity index (χ2v) is 9.28. The molecule has 0 aliphatic heterocycles. The van der Waals surface area contributed by atoms with Crippen LogP contribution in [-0.4, -0.2) is 37.0 Å².